The van der Waals surface area contributed by atoms with Gasteiger partial charge in [0.25, 0.3) is 0 Å². The van der Waals surface area contributed by atoms with Gasteiger partial charge in [0, 0.05) is 16.9 Å². The molecular formula is C14H17F2N3S. The van der Waals surface area contributed by atoms with Gasteiger partial charge in [-0.3, -0.25) is 11.3 Å². The minimum absolute atomic E-state index is 0.0296. The molecule has 0 saturated carbocycles. The zero-order valence-corrected chi connectivity index (χ0v) is 12.4. The summed E-state index contributed by atoms with van der Waals surface area (Å²) in [4.78, 5) is 5.48. The molecule has 108 valence electrons. The summed E-state index contributed by atoms with van der Waals surface area (Å²) in [7, 11) is 0. The lowest BCUT2D eigenvalue weighted by Crippen LogP contribution is -2.31. The van der Waals surface area contributed by atoms with Crippen LogP contribution in [-0.2, 0) is 6.42 Å². The van der Waals surface area contributed by atoms with E-state index in [0.717, 1.165) is 15.6 Å². The quantitative estimate of drug-likeness (QED) is 0.673. The van der Waals surface area contributed by atoms with E-state index in [4.69, 9.17) is 5.84 Å². The minimum atomic E-state index is -0.639. The number of thiazole rings is 1. The lowest BCUT2D eigenvalue weighted by atomic mass is 10.0. The van der Waals surface area contributed by atoms with E-state index in [0.29, 0.717) is 12.0 Å². The van der Waals surface area contributed by atoms with E-state index in [1.165, 1.54) is 23.5 Å². The van der Waals surface area contributed by atoms with Gasteiger partial charge in [0.1, 0.15) is 11.6 Å². The molecule has 0 radical (unpaired) electrons. The molecule has 1 atom stereocenters. The second-order valence-electron chi connectivity index (χ2n) is 4.76. The van der Waals surface area contributed by atoms with Gasteiger partial charge in [-0.05, 0) is 32.4 Å². The van der Waals surface area contributed by atoms with Gasteiger partial charge in [0.05, 0.1) is 16.7 Å². The van der Waals surface area contributed by atoms with Crippen molar-refractivity contribution in [2.75, 3.05) is 0 Å². The van der Waals surface area contributed by atoms with Crippen LogP contribution in [0.2, 0.25) is 0 Å². The predicted octanol–water partition coefficient (Wildman–Crippen LogP) is 3.09. The number of hydrogen-bond acceptors (Lipinski definition) is 4. The van der Waals surface area contributed by atoms with Crippen LogP contribution in [-0.4, -0.2) is 4.98 Å². The molecule has 0 bridgehead atoms. The first-order valence-corrected chi connectivity index (χ1v) is 7.09. The average Bonchev–Trinajstić information content (AvgIpc) is 2.72. The first-order chi connectivity index (χ1) is 9.43. The largest absolute Gasteiger partial charge is 0.271 e. The van der Waals surface area contributed by atoms with Crippen molar-refractivity contribution in [3.8, 4) is 0 Å². The predicted molar refractivity (Wildman–Crippen MR) is 76.5 cm³/mol. The molecule has 2 aromatic rings. The lowest BCUT2D eigenvalue weighted by molar-refractivity contribution is 0.469. The maximum absolute atomic E-state index is 14.1. The van der Waals surface area contributed by atoms with Crippen molar-refractivity contribution in [2.24, 2.45) is 5.84 Å². The van der Waals surface area contributed by atoms with Gasteiger partial charge in [0.15, 0.2) is 0 Å². The molecule has 1 unspecified atom stereocenters. The van der Waals surface area contributed by atoms with E-state index in [1.807, 2.05) is 13.8 Å². The van der Waals surface area contributed by atoms with Crippen molar-refractivity contribution in [1.29, 1.82) is 0 Å². The topological polar surface area (TPSA) is 50.9 Å². The summed E-state index contributed by atoms with van der Waals surface area (Å²) >= 11 is 1.52. The van der Waals surface area contributed by atoms with Gasteiger partial charge in [-0.15, -0.1) is 11.3 Å². The molecule has 6 heteroatoms. The number of aryl methyl sites for hydroxylation is 3. The summed E-state index contributed by atoms with van der Waals surface area (Å²) < 4.78 is 28.0. The average molecular weight is 297 g/mol. The van der Waals surface area contributed by atoms with Crippen LogP contribution in [0.25, 0.3) is 0 Å². The van der Waals surface area contributed by atoms with E-state index >= 15 is 0 Å². The fourth-order valence-electron chi connectivity index (χ4n) is 2.04. The van der Waals surface area contributed by atoms with Crippen molar-refractivity contribution in [3.63, 3.8) is 0 Å². The maximum atomic E-state index is 14.1. The molecule has 1 aromatic heterocycles. The third kappa shape index (κ3) is 2.87. The number of halogens is 2. The van der Waals surface area contributed by atoms with Crippen LogP contribution in [0, 0.1) is 32.4 Å². The molecule has 1 heterocycles. The van der Waals surface area contributed by atoms with Crippen LogP contribution in [0.4, 0.5) is 8.78 Å². The fraction of sp³-hybridized carbons (Fsp3) is 0.357. The molecule has 0 aliphatic rings. The smallest absolute Gasteiger partial charge is 0.133 e. The van der Waals surface area contributed by atoms with Gasteiger partial charge >= 0.3 is 0 Å². The molecule has 3 nitrogen and oxygen atoms in total. The van der Waals surface area contributed by atoms with Crippen molar-refractivity contribution in [1.82, 2.24) is 10.4 Å². The van der Waals surface area contributed by atoms with E-state index in [-0.39, 0.29) is 5.56 Å². The van der Waals surface area contributed by atoms with Crippen LogP contribution in [0.3, 0.4) is 0 Å². The number of nitrogens with two attached hydrogens (primary N) is 1. The van der Waals surface area contributed by atoms with Gasteiger partial charge < -0.3 is 0 Å². The first-order valence-electron chi connectivity index (χ1n) is 6.27. The Morgan fingerprint density at radius 1 is 1.30 bits per heavy atom. The summed E-state index contributed by atoms with van der Waals surface area (Å²) in [5, 5.41) is 0.809. The van der Waals surface area contributed by atoms with Crippen LogP contribution in [0.1, 0.15) is 32.7 Å². The second kappa shape index (κ2) is 5.95. The standard InChI is InChI=1S/C14H17F2N3S/c1-7-4-5-10(15)13(14(7)16)11(19-17)6-12-18-8(2)9(3)20-12/h4-5,11,19H,6,17H2,1-3H3. The number of nitrogens with zero attached hydrogens (tertiary/aromatic N) is 1. The Morgan fingerprint density at radius 2 is 2.00 bits per heavy atom. The summed E-state index contributed by atoms with van der Waals surface area (Å²) in [5.41, 5.74) is 3.79. The number of hydrogen-bond donors (Lipinski definition) is 2. The van der Waals surface area contributed by atoms with Gasteiger partial charge in [-0.25, -0.2) is 13.8 Å². The Kier molecular flexibility index (Phi) is 4.47. The Hall–Kier alpha value is -1.37. The van der Waals surface area contributed by atoms with E-state index in [2.05, 4.69) is 10.4 Å². The highest BCUT2D eigenvalue weighted by atomic mass is 32.1. The number of benzene rings is 1. The van der Waals surface area contributed by atoms with Crippen LogP contribution < -0.4 is 11.3 Å². The van der Waals surface area contributed by atoms with Crippen LogP contribution >= 0.6 is 11.3 Å². The second-order valence-corrected chi connectivity index (χ2v) is 6.05. The third-order valence-corrected chi connectivity index (χ3v) is 4.42. The summed E-state index contributed by atoms with van der Waals surface area (Å²) in [6.45, 7) is 5.48. The molecular weight excluding hydrogens is 280 g/mol. The molecule has 0 aliphatic heterocycles. The molecule has 0 amide bonds. The van der Waals surface area contributed by atoms with Crippen LogP contribution in [0.15, 0.2) is 12.1 Å². The summed E-state index contributed by atoms with van der Waals surface area (Å²) in [5.74, 6) is 4.33. The lowest BCUT2D eigenvalue weighted by Gasteiger charge is -2.17. The van der Waals surface area contributed by atoms with E-state index in [1.54, 1.807) is 6.92 Å². The zero-order chi connectivity index (χ0) is 14.9. The van der Waals surface area contributed by atoms with Gasteiger partial charge in [-0.2, -0.15) is 0 Å². The fourth-order valence-corrected chi connectivity index (χ4v) is 3.02. The molecule has 20 heavy (non-hydrogen) atoms. The van der Waals surface area contributed by atoms with Gasteiger partial charge in [0.2, 0.25) is 0 Å². The molecule has 0 spiro atoms. The van der Waals surface area contributed by atoms with Crippen molar-refractivity contribution in [3.05, 3.63) is 50.5 Å². The number of hydrazine groups is 1. The Bertz CT molecular complexity index is 606. The number of nitrogens with one attached hydrogen (secondary N) is 1. The van der Waals surface area contributed by atoms with Crippen molar-refractivity contribution >= 4 is 11.3 Å². The molecule has 0 fully saturated rings. The molecule has 1 aromatic carbocycles. The zero-order valence-electron chi connectivity index (χ0n) is 11.6. The Morgan fingerprint density at radius 3 is 2.55 bits per heavy atom. The monoisotopic (exact) mass is 297 g/mol. The van der Waals surface area contributed by atoms with Crippen LogP contribution in [0.5, 0.6) is 0 Å². The third-order valence-electron chi connectivity index (χ3n) is 3.32. The molecule has 2 rings (SSSR count). The Balaban J connectivity index is 2.36. The molecule has 0 saturated heterocycles. The van der Waals surface area contributed by atoms with Gasteiger partial charge in [-0.1, -0.05) is 6.07 Å². The van der Waals surface area contributed by atoms with E-state index < -0.39 is 17.7 Å². The highest BCUT2D eigenvalue weighted by Gasteiger charge is 2.22. The highest BCUT2D eigenvalue weighted by molar-refractivity contribution is 7.11. The molecule has 3 N–H and O–H groups in total. The number of rotatable bonds is 4. The van der Waals surface area contributed by atoms with E-state index in [9.17, 15) is 8.78 Å². The Labute approximate surface area is 120 Å². The SMILES string of the molecule is Cc1ccc(F)c(C(Cc2nc(C)c(C)s2)NN)c1F. The maximum Gasteiger partial charge on any atom is 0.133 e. The minimum Gasteiger partial charge on any atom is -0.271 e. The summed E-state index contributed by atoms with van der Waals surface area (Å²) in [6.07, 6.45) is 0.354. The molecule has 0 aliphatic carbocycles. The highest BCUT2D eigenvalue weighted by Crippen LogP contribution is 2.27. The van der Waals surface area contributed by atoms with Crippen molar-refractivity contribution < 1.29 is 8.78 Å². The number of aromatic nitrogens is 1. The normalized spacial score (nSPS) is 12.7. The first kappa shape index (κ1) is 15.0. The van der Waals surface area contributed by atoms with Crippen molar-refractivity contribution in [2.45, 2.75) is 33.2 Å². The summed E-state index contributed by atoms with van der Waals surface area (Å²) in [6, 6.07) is 2.04.